The monoisotopic (exact) mass is 492 g/mol. The first kappa shape index (κ1) is 22.5. The Morgan fingerprint density at radius 1 is 1.22 bits per heavy atom. The zero-order valence-corrected chi connectivity index (χ0v) is 19.8. The molecule has 0 bridgehead atoms. The summed E-state index contributed by atoms with van der Waals surface area (Å²) >= 11 is 0. The number of hydrogen-bond donors (Lipinski definition) is 2. The summed E-state index contributed by atoms with van der Waals surface area (Å²) in [6.07, 6.45) is 2.87. The number of aromatic nitrogens is 2. The van der Waals surface area contributed by atoms with E-state index < -0.39 is 18.3 Å². The van der Waals surface area contributed by atoms with Crippen molar-refractivity contribution in [2.45, 2.75) is 45.0 Å². The van der Waals surface area contributed by atoms with Crippen LogP contribution in [0.2, 0.25) is 0 Å². The Morgan fingerprint density at radius 2 is 2.03 bits per heavy atom. The quantitative estimate of drug-likeness (QED) is 0.441. The van der Waals surface area contributed by atoms with E-state index in [1.165, 1.54) is 0 Å². The molecule has 2 aliphatic rings. The molecule has 3 aromatic heterocycles. The van der Waals surface area contributed by atoms with Gasteiger partial charge in [0.25, 0.3) is 11.8 Å². The number of aliphatic hydroxyl groups is 1. The number of β-amino-alcohol motifs (C(OH)–C–C–N with tert-alkyl or cyclic N) is 1. The van der Waals surface area contributed by atoms with Gasteiger partial charge in [-0.1, -0.05) is 0 Å². The highest BCUT2D eigenvalue weighted by molar-refractivity contribution is 6.07. The Morgan fingerprint density at radius 3 is 2.72 bits per heavy atom. The molecule has 36 heavy (non-hydrogen) atoms. The van der Waals surface area contributed by atoms with Crippen molar-refractivity contribution < 1.29 is 28.2 Å². The number of aliphatic hydroxyl groups excluding tert-OH is 1. The number of rotatable bonds is 5. The SMILES string of the molecule is Cc1oc2cc(Oc3ccnn4cc(C(=O)N5CC(O)C5)c(C)c34)ccc2c1C(=O)N[C@H]1CC[C@H]1F. The molecule has 2 N–H and O–H groups in total. The number of hydrogen-bond acceptors (Lipinski definition) is 6. The minimum atomic E-state index is -1.00. The number of benzene rings is 1. The molecule has 10 heteroatoms. The fraction of sp³-hybridized carbons (Fsp3) is 0.346. The van der Waals surface area contributed by atoms with E-state index in [1.807, 2.05) is 6.92 Å². The molecule has 2 amide bonds. The van der Waals surface area contributed by atoms with Crippen LogP contribution in [0.1, 0.15) is 44.9 Å². The number of nitrogens with one attached hydrogen (secondary N) is 1. The molecular weight excluding hydrogens is 467 g/mol. The summed E-state index contributed by atoms with van der Waals surface area (Å²) in [5.41, 5.74) is 2.74. The van der Waals surface area contributed by atoms with Crippen LogP contribution in [0.4, 0.5) is 4.39 Å². The first-order valence-electron chi connectivity index (χ1n) is 11.9. The molecule has 0 spiro atoms. The lowest BCUT2D eigenvalue weighted by Gasteiger charge is -2.35. The van der Waals surface area contributed by atoms with E-state index in [0.717, 1.165) is 5.56 Å². The van der Waals surface area contributed by atoms with E-state index in [-0.39, 0.29) is 11.8 Å². The van der Waals surface area contributed by atoms with Crippen LogP contribution in [0.15, 0.2) is 41.1 Å². The molecule has 4 aromatic rings. The predicted molar refractivity (Wildman–Crippen MR) is 128 cm³/mol. The van der Waals surface area contributed by atoms with E-state index in [9.17, 15) is 19.1 Å². The van der Waals surface area contributed by atoms with E-state index in [4.69, 9.17) is 9.15 Å². The van der Waals surface area contributed by atoms with Crippen molar-refractivity contribution in [3.8, 4) is 11.5 Å². The molecule has 0 radical (unpaired) electrons. The van der Waals surface area contributed by atoms with Crippen molar-refractivity contribution in [2.24, 2.45) is 0 Å². The van der Waals surface area contributed by atoms with Crippen molar-refractivity contribution >= 4 is 28.3 Å². The molecule has 1 aliphatic heterocycles. The molecule has 2 atom stereocenters. The Balaban J connectivity index is 1.29. The van der Waals surface area contributed by atoms with Gasteiger partial charge in [0.05, 0.1) is 29.5 Å². The highest BCUT2D eigenvalue weighted by Crippen LogP contribution is 2.35. The minimum Gasteiger partial charge on any atom is -0.460 e. The van der Waals surface area contributed by atoms with Crippen molar-refractivity contribution in [3.05, 3.63) is 59.1 Å². The molecular formula is C26H25FN4O5. The number of fused-ring (bicyclic) bond motifs is 2. The van der Waals surface area contributed by atoms with E-state index in [0.29, 0.717) is 70.8 Å². The van der Waals surface area contributed by atoms with Crippen LogP contribution in [-0.2, 0) is 0 Å². The fourth-order valence-corrected chi connectivity index (χ4v) is 4.85. The first-order chi connectivity index (χ1) is 17.3. The minimum absolute atomic E-state index is 0.159. The summed E-state index contributed by atoms with van der Waals surface area (Å²) in [6.45, 7) is 4.17. The van der Waals surface area contributed by atoms with Crippen LogP contribution >= 0.6 is 0 Å². The van der Waals surface area contributed by atoms with Gasteiger partial charge >= 0.3 is 0 Å². The molecule has 1 saturated heterocycles. The first-order valence-corrected chi connectivity index (χ1v) is 11.9. The van der Waals surface area contributed by atoms with Crippen LogP contribution in [0, 0.1) is 13.8 Å². The number of amides is 2. The van der Waals surface area contributed by atoms with Crippen LogP contribution in [-0.4, -0.2) is 62.8 Å². The number of halogens is 1. The van der Waals surface area contributed by atoms with Crippen LogP contribution in [0.25, 0.3) is 16.5 Å². The molecule has 1 saturated carbocycles. The second-order valence-corrected chi connectivity index (χ2v) is 9.49. The number of alkyl halides is 1. The average molecular weight is 493 g/mol. The number of ether oxygens (including phenoxy) is 1. The zero-order chi connectivity index (χ0) is 25.1. The normalized spacial score (nSPS) is 19.8. The van der Waals surface area contributed by atoms with Gasteiger partial charge in [-0.25, -0.2) is 8.91 Å². The lowest BCUT2D eigenvalue weighted by Crippen LogP contribution is -2.53. The second kappa shape index (κ2) is 8.34. The number of carbonyl (C=O) groups excluding carboxylic acids is 2. The zero-order valence-electron chi connectivity index (χ0n) is 19.8. The maximum absolute atomic E-state index is 13.6. The summed E-state index contributed by atoms with van der Waals surface area (Å²) in [7, 11) is 0. The van der Waals surface area contributed by atoms with Gasteiger partial charge in [-0.2, -0.15) is 5.10 Å². The predicted octanol–water partition coefficient (Wildman–Crippen LogP) is 3.54. The smallest absolute Gasteiger partial charge is 0.255 e. The topological polar surface area (TPSA) is 109 Å². The van der Waals surface area contributed by atoms with Crippen LogP contribution < -0.4 is 10.1 Å². The molecule has 4 heterocycles. The second-order valence-electron chi connectivity index (χ2n) is 9.49. The number of nitrogens with zero attached hydrogens (tertiary/aromatic N) is 3. The number of furan rings is 1. The molecule has 0 unspecified atom stereocenters. The van der Waals surface area contributed by atoms with Crippen LogP contribution in [0.3, 0.4) is 0 Å². The lowest BCUT2D eigenvalue weighted by atomic mass is 9.90. The number of aryl methyl sites for hydroxylation is 2. The summed E-state index contributed by atoms with van der Waals surface area (Å²) in [6, 6.07) is 6.44. The average Bonchev–Trinajstić information content (AvgIpc) is 3.35. The summed E-state index contributed by atoms with van der Waals surface area (Å²) in [4.78, 5) is 27.2. The third kappa shape index (κ3) is 3.60. The van der Waals surface area contributed by atoms with Crippen molar-refractivity contribution in [2.75, 3.05) is 13.1 Å². The Labute approximate surface area is 205 Å². The largest absolute Gasteiger partial charge is 0.460 e. The Hall–Kier alpha value is -3.92. The molecule has 1 aliphatic carbocycles. The van der Waals surface area contributed by atoms with E-state index >= 15 is 0 Å². The van der Waals surface area contributed by atoms with Gasteiger partial charge in [0.2, 0.25) is 0 Å². The standard InChI is InChI=1S/C26H25FN4O5/c1-13-18(26(34)30-10-15(32)11-30)12-31-24(13)21(7-8-28-31)36-16-3-4-17-22(9-16)35-14(2)23(17)25(33)29-20-6-5-19(20)27/h3-4,7-9,12,15,19-20,32H,5-6,10-11H2,1-2H3,(H,29,33)/t19-,20+/m1/s1. The van der Waals surface area contributed by atoms with Crippen molar-refractivity contribution in [1.29, 1.82) is 0 Å². The lowest BCUT2D eigenvalue weighted by molar-refractivity contribution is 0.00585. The maximum Gasteiger partial charge on any atom is 0.255 e. The van der Waals surface area contributed by atoms with Gasteiger partial charge in [0.15, 0.2) is 5.75 Å². The number of carbonyl (C=O) groups is 2. The summed E-state index contributed by atoms with van der Waals surface area (Å²) in [5.74, 6) is 0.929. The molecule has 1 aromatic carbocycles. The third-order valence-corrected chi connectivity index (χ3v) is 7.07. The van der Waals surface area contributed by atoms with E-state index in [2.05, 4.69) is 10.4 Å². The van der Waals surface area contributed by atoms with Gasteiger partial charge in [-0.15, -0.1) is 0 Å². The maximum atomic E-state index is 13.6. The molecule has 9 nitrogen and oxygen atoms in total. The molecule has 6 rings (SSSR count). The van der Waals surface area contributed by atoms with Gasteiger partial charge in [-0.3, -0.25) is 9.59 Å². The van der Waals surface area contributed by atoms with Crippen molar-refractivity contribution in [1.82, 2.24) is 19.8 Å². The fourth-order valence-electron chi connectivity index (χ4n) is 4.85. The van der Waals surface area contributed by atoms with Gasteiger partial charge in [0.1, 0.15) is 28.8 Å². The summed E-state index contributed by atoms with van der Waals surface area (Å²) in [5, 5.41) is 17.2. The van der Waals surface area contributed by atoms with Gasteiger partial charge in [-0.05, 0) is 44.4 Å². The van der Waals surface area contributed by atoms with Gasteiger partial charge < -0.3 is 24.5 Å². The Kier molecular flexibility index (Phi) is 5.22. The summed E-state index contributed by atoms with van der Waals surface area (Å²) < 4.78 is 27.2. The van der Waals surface area contributed by atoms with E-state index in [1.54, 1.807) is 53.0 Å². The van der Waals surface area contributed by atoms with Crippen LogP contribution in [0.5, 0.6) is 11.5 Å². The third-order valence-electron chi connectivity index (χ3n) is 7.07. The number of likely N-dealkylation sites (tertiary alicyclic amines) is 1. The highest BCUT2D eigenvalue weighted by Gasteiger charge is 2.34. The highest BCUT2D eigenvalue weighted by atomic mass is 19.1. The molecule has 2 fully saturated rings. The Bertz CT molecular complexity index is 1520. The van der Waals surface area contributed by atoms with Gasteiger partial charge in [0, 0.05) is 36.8 Å². The molecule has 186 valence electrons. The van der Waals surface area contributed by atoms with Crippen molar-refractivity contribution in [3.63, 3.8) is 0 Å².